The van der Waals surface area contributed by atoms with Crippen LogP contribution in [0.1, 0.15) is 76.3 Å². The third kappa shape index (κ3) is 7.11. The molecule has 0 saturated carbocycles. The van der Waals surface area contributed by atoms with Crippen LogP contribution in [0.25, 0.3) is 0 Å². The molecule has 2 nitrogen and oxygen atoms in total. The van der Waals surface area contributed by atoms with Gasteiger partial charge >= 0.3 is 5.97 Å². The van der Waals surface area contributed by atoms with Crippen molar-refractivity contribution in [3.05, 3.63) is 35.4 Å². The average molecular weight is 304 g/mol. The van der Waals surface area contributed by atoms with Crippen molar-refractivity contribution in [3.63, 3.8) is 0 Å². The highest BCUT2D eigenvalue weighted by Crippen LogP contribution is 2.20. The summed E-state index contributed by atoms with van der Waals surface area (Å²) < 4.78 is 5.42. The molecule has 1 aromatic rings. The molecule has 0 aliphatic carbocycles. The van der Waals surface area contributed by atoms with Crippen LogP contribution in [-0.2, 0) is 9.53 Å². The van der Waals surface area contributed by atoms with Gasteiger partial charge in [0.15, 0.2) is 0 Å². The van der Waals surface area contributed by atoms with Crippen LogP contribution in [-0.4, -0.2) is 12.6 Å². The number of benzene rings is 1. The Balaban J connectivity index is 2.15. The average Bonchev–Trinajstić information content (AvgIpc) is 2.49. The summed E-state index contributed by atoms with van der Waals surface area (Å²) in [6.45, 7) is 9.07. The normalized spacial score (nSPS) is 12.4. The van der Waals surface area contributed by atoms with E-state index in [0.29, 0.717) is 6.61 Å². The lowest BCUT2D eigenvalue weighted by Gasteiger charge is -2.14. The SMILES string of the molecule is Cc1ccccc1C(C)C(=O)OCCCCCCCC(C)C. The van der Waals surface area contributed by atoms with E-state index in [1.54, 1.807) is 0 Å². The maximum atomic E-state index is 12.1. The van der Waals surface area contributed by atoms with Gasteiger partial charge in [-0.1, -0.05) is 70.2 Å². The van der Waals surface area contributed by atoms with E-state index in [9.17, 15) is 4.79 Å². The van der Waals surface area contributed by atoms with Crippen LogP contribution >= 0.6 is 0 Å². The van der Waals surface area contributed by atoms with Gasteiger partial charge in [0.1, 0.15) is 0 Å². The predicted octanol–water partition coefficient (Wildman–Crippen LogP) is 5.64. The number of ether oxygens (including phenoxy) is 1. The second kappa shape index (κ2) is 10.4. The Morgan fingerprint density at radius 2 is 1.64 bits per heavy atom. The molecular formula is C20H32O2. The summed E-state index contributed by atoms with van der Waals surface area (Å²) in [6, 6.07) is 8.02. The maximum absolute atomic E-state index is 12.1. The molecule has 0 aliphatic rings. The minimum Gasteiger partial charge on any atom is -0.465 e. The number of carbonyl (C=O) groups excluding carboxylic acids is 1. The summed E-state index contributed by atoms with van der Waals surface area (Å²) in [7, 11) is 0. The maximum Gasteiger partial charge on any atom is 0.313 e. The third-order valence-electron chi connectivity index (χ3n) is 4.18. The number of hydrogen-bond acceptors (Lipinski definition) is 2. The largest absolute Gasteiger partial charge is 0.465 e. The molecular weight excluding hydrogens is 272 g/mol. The van der Waals surface area contributed by atoms with E-state index in [0.717, 1.165) is 29.9 Å². The zero-order valence-corrected chi connectivity index (χ0v) is 14.7. The van der Waals surface area contributed by atoms with E-state index in [4.69, 9.17) is 4.74 Å². The lowest BCUT2D eigenvalue weighted by atomic mass is 9.97. The van der Waals surface area contributed by atoms with Crippen molar-refractivity contribution in [1.82, 2.24) is 0 Å². The number of carbonyl (C=O) groups is 1. The van der Waals surface area contributed by atoms with Gasteiger partial charge in [0.2, 0.25) is 0 Å². The Bertz CT molecular complexity index is 437. The minimum absolute atomic E-state index is 0.103. The number of rotatable bonds is 10. The van der Waals surface area contributed by atoms with Crippen molar-refractivity contribution < 1.29 is 9.53 Å². The molecule has 0 spiro atoms. The molecule has 0 N–H and O–H groups in total. The van der Waals surface area contributed by atoms with Gasteiger partial charge in [-0.2, -0.15) is 0 Å². The molecule has 124 valence electrons. The van der Waals surface area contributed by atoms with Crippen LogP contribution < -0.4 is 0 Å². The highest BCUT2D eigenvalue weighted by molar-refractivity contribution is 5.78. The molecule has 0 radical (unpaired) electrons. The fourth-order valence-electron chi connectivity index (χ4n) is 2.68. The Hall–Kier alpha value is -1.31. The summed E-state index contributed by atoms with van der Waals surface area (Å²) in [4.78, 5) is 12.1. The highest BCUT2D eigenvalue weighted by Gasteiger charge is 2.17. The first kappa shape index (κ1) is 18.7. The van der Waals surface area contributed by atoms with Crippen molar-refractivity contribution >= 4 is 5.97 Å². The quantitative estimate of drug-likeness (QED) is 0.413. The number of hydrogen-bond donors (Lipinski definition) is 0. The van der Waals surface area contributed by atoms with Crippen LogP contribution in [0.15, 0.2) is 24.3 Å². The first-order valence-electron chi connectivity index (χ1n) is 8.74. The second-order valence-electron chi connectivity index (χ2n) is 6.70. The summed E-state index contributed by atoms with van der Waals surface area (Å²) in [5, 5.41) is 0. The van der Waals surface area contributed by atoms with Gasteiger partial charge in [0, 0.05) is 0 Å². The molecule has 0 bridgehead atoms. The summed E-state index contributed by atoms with van der Waals surface area (Å²) in [6.07, 6.45) is 7.33. The Kier molecular flexibility index (Phi) is 8.88. The van der Waals surface area contributed by atoms with E-state index in [1.165, 1.54) is 25.7 Å². The molecule has 1 rings (SSSR count). The van der Waals surface area contributed by atoms with Crippen molar-refractivity contribution in [3.8, 4) is 0 Å². The fourth-order valence-corrected chi connectivity index (χ4v) is 2.68. The van der Waals surface area contributed by atoms with E-state index in [1.807, 2.05) is 38.1 Å². The van der Waals surface area contributed by atoms with E-state index >= 15 is 0 Å². The van der Waals surface area contributed by atoms with Crippen molar-refractivity contribution in [2.24, 2.45) is 5.92 Å². The van der Waals surface area contributed by atoms with E-state index in [2.05, 4.69) is 13.8 Å². The van der Waals surface area contributed by atoms with Gasteiger partial charge in [-0.3, -0.25) is 4.79 Å². The van der Waals surface area contributed by atoms with Gasteiger partial charge in [0.25, 0.3) is 0 Å². The predicted molar refractivity (Wildman–Crippen MR) is 93.1 cm³/mol. The highest BCUT2D eigenvalue weighted by atomic mass is 16.5. The zero-order valence-electron chi connectivity index (χ0n) is 14.7. The van der Waals surface area contributed by atoms with Gasteiger partial charge in [-0.15, -0.1) is 0 Å². The lowest BCUT2D eigenvalue weighted by Crippen LogP contribution is -2.14. The lowest BCUT2D eigenvalue weighted by molar-refractivity contribution is -0.145. The van der Waals surface area contributed by atoms with Crippen molar-refractivity contribution in [1.29, 1.82) is 0 Å². The zero-order chi connectivity index (χ0) is 16.4. The van der Waals surface area contributed by atoms with Crippen molar-refractivity contribution in [2.75, 3.05) is 6.61 Å². The first-order chi connectivity index (χ1) is 10.5. The van der Waals surface area contributed by atoms with Crippen LogP contribution in [0.2, 0.25) is 0 Å². The van der Waals surface area contributed by atoms with E-state index < -0.39 is 0 Å². The molecule has 0 saturated heterocycles. The molecule has 2 heteroatoms. The molecule has 0 heterocycles. The first-order valence-corrected chi connectivity index (χ1v) is 8.74. The summed E-state index contributed by atoms with van der Waals surface area (Å²) in [5.74, 6) is 0.533. The Morgan fingerprint density at radius 1 is 1.00 bits per heavy atom. The summed E-state index contributed by atoms with van der Waals surface area (Å²) >= 11 is 0. The van der Waals surface area contributed by atoms with Crippen LogP contribution in [0.3, 0.4) is 0 Å². The van der Waals surface area contributed by atoms with Crippen LogP contribution in [0.4, 0.5) is 0 Å². The standard InChI is InChI=1S/C20H32O2/c1-16(2)12-8-6-5-7-11-15-22-20(21)18(4)19-14-10-9-13-17(19)3/h9-10,13-14,16,18H,5-8,11-12,15H2,1-4H3. The second-order valence-corrected chi connectivity index (χ2v) is 6.70. The van der Waals surface area contributed by atoms with Crippen molar-refractivity contribution in [2.45, 2.75) is 72.1 Å². The minimum atomic E-state index is -0.174. The van der Waals surface area contributed by atoms with Gasteiger partial charge in [0.05, 0.1) is 12.5 Å². The Labute approximate surface area is 136 Å². The molecule has 0 amide bonds. The Morgan fingerprint density at radius 3 is 2.32 bits per heavy atom. The number of esters is 1. The number of aryl methyl sites for hydroxylation is 1. The van der Waals surface area contributed by atoms with Crippen LogP contribution in [0.5, 0.6) is 0 Å². The van der Waals surface area contributed by atoms with E-state index in [-0.39, 0.29) is 11.9 Å². The molecule has 0 fully saturated rings. The van der Waals surface area contributed by atoms with Crippen LogP contribution in [0, 0.1) is 12.8 Å². The summed E-state index contributed by atoms with van der Waals surface area (Å²) in [5.41, 5.74) is 2.22. The topological polar surface area (TPSA) is 26.3 Å². The molecule has 22 heavy (non-hydrogen) atoms. The van der Waals surface area contributed by atoms with Gasteiger partial charge < -0.3 is 4.74 Å². The van der Waals surface area contributed by atoms with Gasteiger partial charge in [-0.25, -0.2) is 0 Å². The van der Waals surface area contributed by atoms with Gasteiger partial charge in [-0.05, 0) is 37.3 Å². The smallest absolute Gasteiger partial charge is 0.313 e. The molecule has 0 aromatic heterocycles. The molecule has 1 unspecified atom stereocenters. The fraction of sp³-hybridized carbons (Fsp3) is 0.650. The molecule has 1 aromatic carbocycles. The molecule has 1 atom stereocenters. The monoisotopic (exact) mass is 304 g/mol. The third-order valence-corrected chi connectivity index (χ3v) is 4.18. The number of unbranched alkanes of at least 4 members (excludes halogenated alkanes) is 4. The molecule has 0 aliphatic heterocycles.